The topological polar surface area (TPSA) is 42.1 Å². The molecule has 1 aliphatic rings. The lowest BCUT2D eigenvalue weighted by Crippen LogP contribution is -2.21. The largest absolute Gasteiger partial charge is 0.365 e. The van der Waals surface area contributed by atoms with Gasteiger partial charge in [0.1, 0.15) is 0 Å². The van der Waals surface area contributed by atoms with E-state index in [0.29, 0.717) is 5.92 Å². The van der Waals surface area contributed by atoms with E-state index in [1.807, 2.05) is 11.7 Å². The highest BCUT2D eigenvalue weighted by molar-refractivity contribution is 7.09. The molecule has 2 heterocycles. The Kier molecular flexibility index (Phi) is 3.30. The van der Waals surface area contributed by atoms with Gasteiger partial charge in [0.05, 0.1) is 12.1 Å². The van der Waals surface area contributed by atoms with E-state index >= 15 is 0 Å². The van der Waals surface area contributed by atoms with Crippen molar-refractivity contribution in [2.75, 3.05) is 18.0 Å². The van der Waals surface area contributed by atoms with Crippen LogP contribution in [0, 0.1) is 0 Å². The summed E-state index contributed by atoms with van der Waals surface area (Å²) in [4.78, 5) is 7.91. The van der Waals surface area contributed by atoms with E-state index in [1.54, 1.807) is 11.3 Å². The molecule has 94 valence electrons. The van der Waals surface area contributed by atoms with Gasteiger partial charge in [0.2, 0.25) is 0 Å². The predicted molar refractivity (Wildman–Crippen MR) is 76.0 cm³/mol. The molecule has 0 saturated heterocycles. The molecule has 1 atom stereocenters. The van der Waals surface area contributed by atoms with Crippen molar-refractivity contribution in [1.29, 1.82) is 0 Å². The Morgan fingerprint density at radius 1 is 1.39 bits per heavy atom. The number of nitrogens with two attached hydrogens (primary N) is 1. The third-order valence-electron chi connectivity index (χ3n) is 3.50. The van der Waals surface area contributed by atoms with Crippen LogP contribution in [-0.2, 0) is 6.54 Å². The highest BCUT2D eigenvalue weighted by atomic mass is 32.1. The summed E-state index contributed by atoms with van der Waals surface area (Å²) in [6.07, 6.45) is 3.03. The summed E-state index contributed by atoms with van der Waals surface area (Å²) in [5, 5.41) is 0. The van der Waals surface area contributed by atoms with Gasteiger partial charge in [-0.1, -0.05) is 18.2 Å². The number of thiazole rings is 1. The molecule has 4 heteroatoms. The molecule has 1 unspecified atom stereocenters. The Morgan fingerprint density at radius 3 is 3.06 bits per heavy atom. The summed E-state index contributed by atoms with van der Waals surface area (Å²) in [5.74, 6) is 0.583. The standard InChI is InChI=1S/C14H17N3S/c15-6-5-11-8-17(9-12-7-16-10-18-12)14-4-2-1-3-13(11)14/h1-4,7,10-11H,5-6,8-9,15H2. The molecule has 0 spiro atoms. The Hall–Kier alpha value is -1.39. The number of nitrogens with zero attached hydrogens (tertiary/aromatic N) is 2. The average Bonchev–Trinajstić information content (AvgIpc) is 3.00. The van der Waals surface area contributed by atoms with Crippen molar-refractivity contribution >= 4 is 17.0 Å². The zero-order valence-electron chi connectivity index (χ0n) is 10.2. The molecule has 0 radical (unpaired) electrons. The molecule has 0 aliphatic carbocycles. The van der Waals surface area contributed by atoms with Gasteiger partial charge in [0.25, 0.3) is 0 Å². The third-order valence-corrected chi connectivity index (χ3v) is 4.27. The molecule has 1 aromatic carbocycles. The van der Waals surface area contributed by atoms with Crippen LogP contribution in [0.1, 0.15) is 22.8 Å². The van der Waals surface area contributed by atoms with E-state index in [1.165, 1.54) is 16.1 Å². The number of fused-ring (bicyclic) bond motifs is 1. The van der Waals surface area contributed by atoms with Crippen LogP contribution in [0.25, 0.3) is 0 Å². The second-order valence-corrected chi connectivity index (χ2v) is 5.65. The number of aromatic nitrogens is 1. The summed E-state index contributed by atoms with van der Waals surface area (Å²) in [6, 6.07) is 8.69. The molecule has 1 aliphatic heterocycles. The maximum Gasteiger partial charge on any atom is 0.0794 e. The highest BCUT2D eigenvalue weighted by Crippen LogP contribution is 2.38. The van der Waals surface area contributed by atoms with Gasteiger partial charge in [-0.3, -0.25) is 4.98 Å². The van der Waals surface area contributed by atoms with Gasteiger partial charge >= 0.3 is 0 Å². The molecule has 3 nitrogen and oxygen atoms in total. The SMILES string of the molecule is NCCC1CN(Cc2cncs2)c2ccccc21. The van der Waals surface area contributed by atoms with E-state index in [4.69, 9.17) is 5.73 Å². The van der Waals surface area contributed by atoms with Crippen LogP contribution in [0.15, 0.2) is 36.0 Å². The summed E-state index contributed by atoms with van der Waals surface area (Å²) in [7, 11) is 0. The summed E-state index contributed by atoms with van der Waals surface area (Å²) >= 11 is 1.72. The lowest BCUT2D eigenvalue weighted by atomic mass is 9.98. The lowest BCUT2D eigenvalue weighted by molar-refractivity contribution is 0.645. The normalized spacial score (nSPS) is 18.1. The average molecular weight is 259 g/mol. The molecule has 0 fully saturated rings. The quantitative estimate of drug-likeness (QED) is 0.917. The fraction of sp³-hybridized carbons (Fsp3) is 0.357. The highest BCUT2D eigenvalue weighted by Gasteiger charge is 2.27. The van der Waals surface area contributed by atoms with E-state index < -0.39 is 0 Å². The number of rotatable bonds is 4. The molecule has 2 aromatic rings. The molecule has 3 rings (SSSR count). The minimum absolute atomic E-state index is 0.583. The van der Waals surface area contributed by atoms with Crippen LogP contribution in [0.3, 0.4) is 0 Å². The van der Waals surface area contributed by atoms with Crippen molar-refractivity contribution in [1.82, 2.24) is 4.98 Å². The van der Waals surface area contributed by atoms with Gasteiger partial charge in [-0.2, -0.15) is 0 Å². The first-order valence-electron chi connectivity index (χ1n) is 6.30. The minimum Gasteiger partial charge on any atom is -0.365 e. The van der Waals surface area contributed by atoms with Crippen molar-refractivity contribution in [2.45, 2.75) is 18.9 Å². The van der Waals surface area contributed by atoms with Crippen molar-refractivity contribution in [3.63, 3.8) is 0 Å². The molecule has 1 aromatic heterocycles. The number of hydrogen-bond donors (Lipinski definition) is 1. The first-order chi connectivity index (χ1) is 8.88. The second-order valence-electron chi connectivity index (χ2n) is 4.68. The van der Waals surface area contributed by atoms with Crippen molar-refractivity contribution in [2.24, 2.45) is 5.73 Å². The lowest BCUT2D eigenvalue weighted by Gasteiger charge is -2.18. The van der Waals surface area contributed by atoms with E-state index in [0.717, 1.165) is 26.1 Å². The molecule has 18 heavy (non-hydrogen) atoms. The Bertz CT molecular complexity index is 510. The maximum absolute atomic E-state index is 5.72. The molecule has 2 N–H and O–H groups in total. The van der Waals surface area contributed by atoms with Crippen molar-refractivity contribution in [3.8, 4) is 0 Å². The summed E-state index contributed by atoms with van der Waals surface area (Å²) in [5.41, 5.74) is 10.4. The molecule has 0 bridgehead atoms. The zero-order chi connectivity index (χ0) is 12.4. The fourth-order valence-corrected chi connectivity index (χ4v) is 3.30. The molecule has 0 amide bonds. The zero-order valence-corrected chi connectivity index (χ0v) is 11.1. The van der Waals surface area contributed by atoms with Crippen LogP contribution in [-0.4, -0.2) is 18.1 Å². The van der Waals surface area contributed by atoms with Gasteiger partial charge in [-0.25, -0.2) is 0 Å². The summed E-state index contributed by atoms with van der Waals surface area (Å²) in [6.45, 7) is 2.80. The molecule has 0 saturated carbocycles. The van der Waals surface area contributed by atoms with Gasteiger partial charge in [0, 0.05) is 29.2 Å². The fourth-order valence-electron chi connectivity index (χ4n) is 2.69. The van der Waals surface area contributed by atoms with Crippen LogP contribution in [0.4, 0.5) is 5.69 Å². The molecular formula is C14H17N3S. The monoisotopic (exact) mass is 259 g/mol. The Balaban J connectivity index is 1.85. The van der Waals surface area contributed by atoms with E-state index in [2.05, 4.69) is 34.1 Å². The predicted octanol–water partition coefficient (Wildman–Crippen LogP) is 2.60. The Labute approximate surface area is 111 Å². The first-order valence-corrected chi connectivity index (χ1v) is 7.17. The van der Waals surface area contributed by atoms with Crippen LogP contribution in [0.2, 0.25) is 0 Å². The number of anilines is 1. The second kappa shape index (κ2) is 5.08. The molecular weight excluding hydrogens is 242 g/mol. The van der Waals surface area contributed by atoms with Gasteiger partial charge in [-0.15, -0.1) is 11.3 Å². The van der Waals surface area contributed by atoms with Crippen molar-refractivity contribution in [3.05, 3.63) is 46.4 Å². The van der Waals surface area contributed by atoms with Crippen LogP contribution < -0.4 is 10.6 Å². The van der Waals surface area contributed by atoms with Gasteiger partial charge < -0.3 is 10.6 Å². The van der Waals surface area contributed by atoms with Crippen molar-refractivity contribution < 1.29 is 0 Å². The van der Waals surface area contributed by atoms with Crippen LogP contribution in [0.5, 0.6) is 0 Å². The van der Waals surface area contributed by atoms with Crippen LogP contribution >= 0.6 is 11.3 Å². The van der Waals surface area contributed by atoms with Gasteiger partial charge in [-0.05, 0) is 24.6 Å². The number of benzene rings is 1. The number of hydrogen-bond acceptors (Lipinski definition) is 4. The first kappa shape index (κ1) is 11.7. The smallest absolute Gasteiger partial charge is 0.0794 e. The third kappa shape index (κ3) is 2.13. The Morgan fingerprint density at radius 2 is 2.28 bits per heavy atom. The number of para-hydroxylation sites is 1. The summed E-state index contributed by atoms with van der Waals surface area (Å²) < 4.78 is 0. The van der Waals surface area contributed by atoms with E-state index in [-0.39, 0.29) is 0 Å². The van der Waals surface area contributed by atoms with E-state index in [9.17, 15) is 0 Å². The van der Waals surface area contributed by atoms with Gasteiger partial charge in [0.15, 0.2) is 0 Å². The minimum atomic E-state index is 0.583. The maximum atomic E-state index is 5.72.